The van der Waals surface area contributed by atoms with E-state index in [1.54, 1.807) is 0 Å². The maximum atomic E-state index is 11.8. The Morgan fingerprint density at radius 1 is 1.44 bits per heavy atom. The minimum Gasteiger partial charge on any atom is -0.479 e. The van der Waals surface area contributed by atoms with Gasteiger partial charge in [-0.05, 0) is 19.8 Å². The predicted molar refractivity (Wildman–Crippen MR) is 62.6 cm³/mol. The Hall–Kier alpha value is -1.98. The third-order valence-corrected chi connectivity index (χ3v) is 3.21. The Morgan fingerprint density at radius 2 is 2.11 bits per heavy atom. The molecule has 96 valence electrons. The summed E-state index contributed by atoms with van der Waals surface area (Å²) in [7, 11) is 0. The molecule has 0 radical (unpaired) electrons. The first-order valence-corrected chi connectivity index (χ1v) is 5.77. The van der Waals surface area contributed by atoms with Crippen LogP contribution in [-0.4, -0.2) is 37.9 Å². The normalized spacial score (nSPS) is 17.9. The summed E-state index contributed by atoms with van der Waals surface area (Å²) >= 11 is 0. The first kappa shape index (κ1) is 12.5. The lowest BCUT2D eigenvalue weighted by Crippen LogP contribution is -2.53. The summed E-state index contributed by atoms with van der Waals surface area (Å²) in [6, 6.07) is -0.00870. The topological polar surface area (TPSA) is 83.4 Å². The van der Waals surface area contributed by atoms with Crippen molar-refractivity contribution in [3.63, 3.8) is 0 Å². The van der Waals surface area contributed by atoms with Crippen molar-refractivity contribution < 1.29 is 14.7 Å². The number of carbonyl (C=O) groups is 2. The second-order valence-corrected chi connectivity index (χ2v) is 4.59. The van der Waals surface area contributed by atoms with Gasteiger partial charge in [0.1, 0.15) is 0 Å². The molecule has 18 heavy (non-hydrogen) atoms. The van der Waals surface area contributed by atoms with Crippen LogP contribution in [0, 0.1) is 0 Å². The highest BCUT2D eigenvalue weighted by Gasteiger charge is 2.50. The number of amides is 1. The van der Waals surface area contributed by atoms with Gasteiger partial charge in [0.25, 0.3) is 0 Å². The van der Waals surface area contributed by atoms with E-state index in [4.69, 9.17) is 0 Å². The fourth-order valence-corrected chi connectivity index (χ4v) is 2.16. The van der Waals surface area contributed by atoms with Crippen molar-refractivity contribution >= 4 is 11.9 Å². The van der Waals surface area contributed by atoms with E-state index in [0.717, 1.165) is 12.8 Å². The first-order valence-electron chi connectivity index (χ1n) is 5.77. The number of aliphatic carboxylic acids is 1. The highest BCUT2D eigenvalue weighted by atomic mass is 16.4. The zero-order valence-electron chi connectivity index (χ0n) is 10.3. The van der Waals surface area contributed by atoms with Gasteiger partial charge in [-0.2, -0.15) is 0 Å². The van der Waals surface area contributed by atoms with Gasteiger partial charge < -0.3 is 10.0 Å². The molecule has 0 saturated heterocycles. The Kier molecular flexibility index (Phi) is 3.02. The van der Waals surface area contributed by atoms with Crippen molar-refractivity contribution in [2.75, 3.05) is 0 Å². The van der Waals surface area contributed by atoms with Gasteiger partial charge in [0.15, 0.2) is 5.54 Å². The van der Waals surface area contributed by atoms with Crippen LogP contribution in [0.15, 0.2) is 18.6 Å². The van der Waals surface area contributed by atoms with Crippen LogP contribution in [0.25, 0.3) is 0 Å². The summed E-state index contributed by atoms with van der Waals surface area (Å²) in [4.78, 5) is 32.7. The van der Waals surface area contributed by atoms with E-state index < -0.39 is 11.5 Å². The minimum absolute atomic E-state index is 0.00870. The molecule has 0 bridgehead atoms. The van der Waals surface area contributed by atoms with Gasteiger partial charge in [-0.15, -0.1) is 0 Å². The zero-order chi connectivity index (χ0) is 13.3. The van der Waals surface area contributed by atoms with Crippen molar-refractivity contribution in [3.8, 4) is 0 Å². The molecule has 6 nitrogen and oxygen atoms in total. The molecule has 0 aromatic carbocycles. The summed E-state index contributed by atoms with van der Waals surface area (Å²) < 4.78 is 0. The van der Waals surface area contributed by atoms with Crippen molar-refractivity contribution in [1.82, 2.24) is 14.9 Å². The standard InChI is InChI=1S/C12H15N3O3/c1-8(16)15(9-3-4-9)12(2,11(17)18)10-7-13-5-6-14-10/h5-7,9H,3-4H2,1-2H3,(H,17,18). The van der Waals surface area contributed by atoms with Crippen LogP contribution < -0.4 is 0 Å². The van der Waals surface area contributed by atoms with Crippen molar-refractivity contribution in [2.24, 2.45) is 0 Å². The number of carbonyl (C=O) groups excluding carboxylic acids is 1. The Labute approximate surface area is 105 Å². The van der Waals surface area contributed by atoms with Crippen molar-refractivity contribution in [1.29, 1.82) is 0 Å². The summed E-state index contributed by atoms with van der Waals surface area (Å²) in [5, 5.41) is 9.52. The van der Waals surface area contributed by atoms with Crippen molar-refractivity contribution in [2.45, 2.75) is 38.3 Å². The SMILES string of the molecule is CC(=O)N(C1CC1)C(C)(C(=O)O)c1cnccn1. The third-order valence-electron chi connectivity index (χ3n) is 3.21. The molecule has 2 rings (SSSR count). The lowest BCUT2D eigenvalue weighted by Gasteiger charge is -2.36. The fraction of sp³-hybridized carbons (Fsp3) is 0.500. The van der Waals surface area contributed by atoms with Gasteiger partial charge in [-0.25, -0.2) is 4.79 Å². The minimum atomic E-state index is -1.46. The predicted octanol–water partition coefficient (Wildman–Crippen LogP) is 0.787. The number of carboxylic acid groups (broad SMARTS) is 1. The van der Waals surface area contributed by atoms with Crippen LogP contribution in [0.3, 0.4) is 0 Å². The monoisotopic (exact) mass is 249 g/mol. The molecule has 1 aromatic rings. The Morgan fingerprint density at radius 3 is 2.50 bits per heavy atom. The molecule has 1 N–H and O–H groups in total. The number of hydrogen-bond acceptors (Lipinski definition) is 4. The fourth-order valence-electron chi connectivity index (χ4n) is 2.16. The lowest BCUT2D eigenvalue weighted by atomic mass is 9.95. The van der Waals surface area contributed by atoms with Gasteiger partial charge in [0.05, 0.1) is 11.9 Å². The van der Waals surface area contributed by atoms with Crippen LogP contribution in [0.5, 0.6) is 0 Å². The van der Waals surface area contributed by atoms with E-state index in [1.165, 1.54) is 37.3 Å². The van der Waals surface area contributed by atoms with Crippen LogP contribution >= 0.6 is 0 Å². The quantitative estimate of drug-likeness (QED) is 0.852. The molecule has 1 fully saturated rings. The second-order valence-electron chi connectivity index (χ2n) is 4.59. The molecule has 1 amide bonds. The maximum absolute atomic E-state index is 11.8. The first-order chi connectivity index (χ1) is 8.48. The molecule has 1 saturated carbocycles. The number of nitrogens with zero attached hydrogens (tertiary/aromatic N) is 3. The largest absolute Gasteiger partial charge is 0.479 e. The summed E-state index contributed by atoms with van der Waals surface area (Å²) in [6.07, 6.45) is 5.97. The van der Waals surface area contributed by atoms with Crippen LogP contribution in [0.2, 0.25) is 0 Å². The summed E-state index contributed by atoms with van der Waals surface area (Å²) in [6.45, 7) is 2.88. The van der Waals surface area contributed by atoms with E-state index >= 15 is 0 Å². The van der Waals surface area contributed by atoms with Crippen molar-refractivity contribution in [3.05, 3.63) is 24.3 Å². The number of carboxylic acids is 1. The third kappa shape index (κ3) is 1.94. The van der Waals surface area contributed by atoms with E-state index in [-0.39, 0.29) is 17.6 Å². The number of rotatable bonds is 4. The molecular weight excluding hydrogens is 234 g/mol. The molecule has 1 heterocycles. The van der Waals surface area contributed by atoms with Crippen LogP contribution in [0.4, 0.5) is 0 Å². The highest BCUT2D eigenvalue weighted by molar-refractivity contribution is 5.87. The van der Waals surface area contributed by atoms with Gasteiger partial charge in [0, 0.05) is 25.4 Å². The maximum Gasteiger partial charge on any atom is 0.335 e. The molecule has 1 aliphatic carbocycles. The average Bonchev–Trinajstić information content (AvgIpc) is 3.13. The molecule has 6 heteroatoms. The van der Waals surface area contributed by atoms with Gasteiger partial charge in [0.2, 0.25) is 5.91 Å². The molecule has 1 atom stereocenters. The van der Waals surface area contributed by atoms with E-state index in [0.29, 0.717) is 0 Å². The molecular formula is C12H15N3O3. The highest BCUT2D eigenvalue weighted by Crippen LogP contribution is 2.37. The van der Waals surface area contributed by atoms with E-state index in [2.05, 4.69) is 9.97 Å². The van der Waals surface area contributed by atoms with Gasteiger partial charge in [-0.1, -0.05) is 0 Å². The molecule has 0 aliphatic heterocycles. The van der Waals surface area contributed by atoms with Gasteiger partial charge >= 0.3 is 5.97 Å². The lowest BCUT2D eigenvalue weighted by molar-refractivity contribution is -0.159. The number of aromatic nitrogens is 2. The van der Waals surface area contributed by atoms with Gasteiger partial charge in [-0.3, -0.25) is 14.8 Å². The summed E-state index contributed by atoms with van der Waals surface area (Å²) in [5.41, 5.74) is -1.18. The molecule has 1 aromatic heterocycles. The van der Waals surface area contributed by atoms with E-state index in [1.807, 2.05) is 0 Å². The Bertz CT molecular complexity index is 473. The zero-order valence-corrected chi connectivity index (χ0v) is 10.3. The molecule has 1 unspecified atom stereocenters. The number of hydrogen-bond donors (Lipinski definition) is 1. The molecule has 1 aliphatic rings. The second kappa shape index (κ2) is 4.36. The van der Waals surface area contributed by atoms with Crippen LogP contribution in [-0.2, 0) is 15.1 Å². The Balaban J connectivity index is 2.49. The smallest absolute Gasteiger partial charge is 0.335 e. The van der Waals surface area contributed by atoms with Crippen LogP contribution in [0.1, 0.15) is 32.4 Å². The van der Waals surface area contributed by atoms with E-state index in [9.17, 15) is 14.7 Å². The summed E-state index contributed by atoms with van der Waals surface area (Å²) in [5.74, 6) is -1.35. The molecule has 0 spiro atoms. The average molecular weight is 249 g/mol.